The van der Waals surface area contributed by atoms with Crippen molar-refractivity contribution >= 4 is 28.8 Å². The summed E-state index contributed by atoms with van der Waals surface area (Å²) in [5, 5.41) is 2.57. The smallest absolute Gasteiger partial charge is 0.259 e. The molecule has 1 aromatic heterocycles. The fourth-order valence-corrected chi connectivity index (χ4v) is 2.01. The van der Waals surface area contributed by atoms with Crippen molar-refractivity contribution in [1.29, 1.82) is 0 Å². The number of methoxy groups -OCH3 is 1. The van der Waals surface area contributed by atoms with Crippen LogP contribution in [0.4, 0.5) is 10.1 Å². The molecule has 1 aromatic carbocycles. The van der Waals surface area contributed by atoms with Gasteiger partial charge in [-0.05, 0) is 18.2 Å². The number of carbonyl (C=O) groups is 1. The van der Waals surface area contributed by atoms with Gasteiger partial charge in [-0.1, -0.05) is 18.3 Å². The summed E-state index contributed by atoms with van der Waals surface area (Å²) < 4.78 is 18.8. The number of carbonyl (C=O) groups excluding carboxylic acids is 1. The molecule has 3 N–H and O–H groups in total. The lowest BCUT2D eigenvalue weighted by molar-refractivity contribution is 0.102. The minimum absolute atomic E-state index is 0.00567. The SMILES string of the molecule is COc1cnccc1C(=O)Nc1cccc(F)c1C(N)=S. The number of benzene rings is 1. The zero-order valence-corrected chi connectivity index (χ0v) is 11.9. The number of hydrogen-bond donors (Lipinski definition) is 2. The molecule has 2 rings (SSSR count). The molecule has 0 aliphatic rings. The van der Waals surface area contributed by atoms with E-state index in [-0.39, 0.29) is 21.8 Å². The van der Waals surface area contributed by atoms with Crippen LogP contribution in [0.25, 0.3) is 0 Å². The van der Waals surface area contributed by atoms with Crippen LogP contribution in [-0.4, -0.2) is 23.0 Å². The summed E-state index contributed by atoms with van der Waals surface area (Å²) in [6, 6.07) is 5.69. The first-order valence-electron chi connectivity index (χ1n) is 5.92. The van der Waals surface area contributed by atoms with E-state index in [0.717, 1.165) is 0 Å². The van der Waals surface area contributed by atoms with Gasteiger partial charge in [0.15, 0.2) is 0 Å². The molecule has 0 radical (unpaired) electrons. The predicted molar refractivity (Wildman–Crippen MR) is 81.0 cm³/mol. The minimum Gasteiger partial charge on any atom is -0.494 e. The van der Waals surface area contributed by atoms with Crippen LogP contribution < -0.4 is 15.8 Å². The summed E-state index contributed by atoms with van der Waals surface area (Å²) >= 11 is 4.81. The monoisotopic (exact) mass is 305 g/mol. The minimum atomic E-state index is -0.595. The molecular weight excluding hydrogens is 293 g/mol. The third-order valence-corrected chi connectivity index (χ3v) is 2.96. The van der Waals surface area contributed by atoms with Gasteiger partial charge in [-0.3, -0.25) is 9.78 Å². The maximum absolute atomic E-state index is 13.7. The molecule has 0 bridgehead atoms. The second-order valence-corrected chi connectivity index (χ2v) is 4.50. The van der Waals surface area contributed by atoms with E-state index in [1.54, 1.807) is 0 Å². The van der Waals surface area contributed by atoms with Gasteiger partial charge < -0.3 is 15.8 Å². The number of rotatable bonds is 4. The van der Waals surface area contributed by atoms with E-state index in [1.807, 2.05) is 0 Å². The Kier molecular flexibility index (Phi) is 4.44. The largest absolute Gasteiger partial charge is 0.494 e. The van der Waals surface area contributed by atoms with Crippen molar-refractivity contribution in [3.63, 3.8) is 0 Å². The van der Waals surface area contributed by atoms with E-state index in [2.05, 4.69) is 10.3 Å². The highest BCUT2D eigenvalue weighted by molar-refractivity contribution is 7.80. The van der Waals surface area contributed by atoms with Crippen LogP contribution in [0.2, 0.25) is 0 Å². The zero-order chi connectivity index (χ0) is 15.4. The summed E-state index contributed by atoms with van der Waals surface area (Å²) in [5.41, 5.74) is 5.96. The topological polar surface area (TPSA) is 77.2 Å². The van der Waals surface area contributed by atoms with Crippen molar-refractivity contribution in [2.75, 3.05) is 12.4 Å². The number of halogens is 1. The van der Waals surface area contributed by atoms with Crippen molar-refractivity contribution in [3.8, 4) is 5.75 Å². The summed E-state index contributed by atoms with van der Waals surface area (Å²) in [5.74, 6) is -0.761. The van der Waals surface area contributed by atoms with Gasteiger partial charge in [0.25, 0.3) is 5.91 Å². The van der Waals surface area contributed by atoms with Crippen molar-refractivity contribution in [1.82, 2.24) is 4.98 Å². The lowest BCUT2D eigenvalue weighted by atomic mass is 10.1. The molecule has 0 fully saturated rings. The standard InChI is InChI=1S/C14H12FN3O2S/c1-20-11-7-17-6-5-8(11)14(19)18-10-4-2-3-9(15)12(10)13(16)21/h2-7H,1H3,(H2,16,21)(H,18,19). The Labute approximate surface area is 125 Å². The third-order valence-electron chi connectivity index (χ3n) is 2.76. The molecule has 2 aromatic rings. The summed E-state index contributed by atoms with van der Waals surface area (Å²) in [6.07, 6.45) is 2.87. The highest BCUT2D eigenvalue weighted by atomic mass is 32.1. The Morgan fingerprint density at radius 3 is 2.86 bits per heavy atom. The molecule has 5 nitrogen and oxygen atoms in total. The Bertz CT molecular complexity index is 706. The summed E-state index contributed by atoms with van der Waals surface area (Å²) in [6.45, 7) is 0. The van der Waals surface area contributed by atoms with Crippen LogP contribution in [-0.2, 0) is 0 Å². The van der Waals surface area contributed by atoms with E-state index in [9.17, 15) is 9.18 Å². The van der Waals surface area contributed by atoms with Gasteiger partial charge in [0.05, 0.1) is 30.1 Å². The Balaban J connectivity index is 2.37. The summed E-state index contributed by atoms with van der Waals surface area (Å²) in [4.78, 5) is 16.0. The lowest BCUT2D eigenvalue weighted by Gasteiger charge is -2.12. The number of thiocarbonyl (C=S) groups is 1. The average Bonchev–Trinajstić information content (AvgIpc) is 2.46. The van der Waals surface area contributed by atoms with Crippen LogP contribution >= 0.6 is 12.2 Å². The third kappa shape index (κ3) is 3.14. The van der Waals surface area contributed by atoms with Gasteiger partial charge in [-0.15, -0.1) is 0 Å². The van der Waals surface area contributed by atoms with Crippen LogP contribution in [0.1, 0.15) is 15.9 Å². The van der Waals surface area contributed by atoms with Crippen LogP contribution in [0, 0.1) is 5.82 Å². The lowest BCUT2D eigenvalue weighted by Crippen LogP contribution is -2.19. The molecule has 0 spiro atoms. The number of hydrogen-bond acceptors (Lipinski definition) is 4. The maximum Gasteiger partial charge on any atom is 0.259 e. The number of nitrogens with two attached hydrogens (primary N) is 1. The molecule has 0 atom stereocenters. The van der Waals surface area contributed by atoms with E-state index >= 15 is 0 Å². The summed E-state index contributed by atoms with van der Waals surface area (Å²) in [7, 11) is 1.43. The van der Waals surface area contributed by atoms with Crippen molar-refractivity contribution in [3.05, 3.63) is 53.6 Å². The molecule has 0 aliphatic carbocycles. The molecule has 0 saturated heterocycles. The van der Waals surface area contributed by atoms with E-state index in [0.29, 0.717) is 5.75 Å². The number of amides is 1. The maximum atomic E-state index is 13.7. The second kappa shape index (κ2) is 6.27. The highest BCUT2D eigenvalue weighted by Crippen LogP contribution is 2.22. The van der Waals surface area contributed by atoms with Gasteiger partial charge >= 0.3 is 0 Å². The molecule has 0 aliphatic heterocycles. The fourth-order valence-electron chi connectivity index (χ4n) is 1.80. The highest BCUT2D eigenvalue weighted by Gasteiger charge is 2.16. The number of anilines is 1. The van der Waals surface area contributed by atoms with Crippen LogP contribution in [0.15, 0.2) is 36.7 Å². The number of aromatic nitrogens is 1. The van der Waals surface area contributed by atoms with Gasteiger partial charge in [0.1, 0.15) is 16.6 Å². The quantitative estimate of drug-likeness (QED) is 0.846. The fraction of sp³-hybridized carbons (Fsp3) is 0.0714. The van der Waals surface area contributed by atoms with Crippen LogP contribution in [0.3, 0.4) is 0 Å². The molecule has 108 valence electrons. The van der Waals surface area contributed by atoms with E-state index < -0.39 is 11.7 Å². The molecule has 1 amide bonds. The molecular formula is C14H12FN3O2S. The first-order valence-corrected chi connectivity index (χ1v) is 6.33. The second-order valence-electron chi connectivity index (χ2n) is 4.06. The van der Waals surface area contributed by atoms with Crippen molar-refractivity contribution in [2.45, 2.75) is 0 Å². The Morgan fingerprint density at radius 2 is 2.19 bits per heavy atom. The molecule has 1 heterocycles. The van der Waals surface area contributed by atoms with Gasteiger partial charge in [-0.25, -0.2) is 4.39 Å². The number of ether oxygens (including phenoxy) is 1. The Morgan fingerprint density at radius 1 is 1.43 bits per heavy atom. The van der Waals surface area contributed by atoms with Gasteiger partial charge in [0, 0.05) is 6.20 Å². The van der Waals surface area contributed by atoms with E-state index in [1.165, 1.54) is 43.8 Å². The normalized spacial score (nSPS) is 10.0. The molecule has 0 saturated carbocycles. The van der Waals surface area contributed by atoms with Gasteiger partial charge in [-0.2, -0.15) is 0 Å². The van der Waals surface area contributed by atoms with Crippen molar-refractivity contribution in [2.24, 2.45) is 5.73 Å². The predicted octanol–water partition coefficient (Wildman–Crippen LogP) is 2.12. The van der Waals surface area contributed by atoms with Crippen molar-refractivity contribution < 1.29 is 13.9 Å². The average molecular weight is 305 g/mol. The van der Waals surface area contributed by atoms with Gasteiger partial charge in [0.2, 0.25) is 0 Å². The first kappa shape index (κ1) is 14.9. The number of nitrogens with zero attached hydrogens (tertiary/aromatic N) is 1. The number of nitrogens with one attached hydrogen (secondary N) is 1. The van der Waals surface area contributed by atoms with Crippen LogP contribution in [0.5, 0.6) is 5.75 Å². The molecule has 21 heavy (non-hydrogen) atoms. The Hall–Kier alpha value is -2.54. The van der Waals surface area contributed by atoms with E-state index in [4.69, 9.17) is 22.7 Å². The number of pyridine rings is 1. The first-order chi connectivity index (χ1) is 10.0. The molecule has 7 heteroatoms. The zero-order valence-electron chi connectivity index (χ0n) is 11.1. The molecule has 0 unspecified atom stereocenters.